The Morgan fingerprint density at radius 2 is 1.35 bits per heavy atom. The van der Waals surface area contributed by atoms with Gasteiger partial charge >= 0.3 is 5.97 Å². The Balaban J connectivity index is 1.73. The Bertz CT molecular complexity index is 767. The van der Waals surface area contributed by atoms with Gasteiger partial charge in [0.1, 0.15) is 23.7 Å². The van der Waals surface area contributed by atoms with Gasteiger partial charge in [-0.05, 0) is 29.8 Å². The van der Waals surface area contributed by atoms with Gasteiger partial charge in [0.25, 0.3) is 0 Å². The van der Waals surface area contributed by atoms with Crippen molar-refractivity contribution in [3.05, 3.63) is 96.1 Å². The zero-order valence-electron chi connectivity index (χ0n) is 12.5. The number of hydrogen-bond donors (Lipinski definition) is 0. The molecule has 3 aromatic carbocycles. The van der Waals surface area contributed by atoms with Crippen molar-refractivity contribution in [1.29, 1.82) is 0 Å². The second-order valence-corrected chi connectivity index (χ2v) is 4.97. The Morgan fingerprint density at radius 3 is 2.09 bits per heavy atom. The fourth-order valence-corrected chi connectivity index (χ4v) is 2.14. The highest BCUT2D eigenvalue weighted by Gasteiger charge is 2.14. The number of benzene rings is 3. The minimum Gasteiger partial charge on any atom is -0.457 e. The van der Waals surface area contributed by atoms with Gasteiger partial charge in [0, 0.05) is 0 Å². The maximum absolute atomic E-state index is 12.3. The van der Waals surface area contributed by atoms with Gasteiger partial charge in [0.15, 0.2) is 0 Å². The summed E-state index contributed by atoms with van der Waals surface area (Å²) in [5, 5.41) is 0. The quantitative estimate of drug-likeness (QED) is 0.633. The maximum atomic E-state index is 12.3. The van der Waals surface area contributed by atoms with Gasteiger partial charge < -0.3 is 9.47 Å². The number of esters is 1. The first-order valence-corrected chi connectivity index (χ1v) is 7.36. The van der Waals surface area contributed by atoms with E-state index in [1.54, 1.807) is 18.2 Å². The predicted octanol–water partition coefficient (Wildman–Crippen LogP) is 4.84. The van der Waals surface area contributed by atoms with Crippen LogP contribution in [0.3, 0.4) is 0 Å². The van der Waals surface area contributed by atoms with Gasteiger partial charge in [-0.2, -0.15) is 0 Å². The van der Waals surface area contributed by atoms with Crippen molar-refractivity contribution in [2.45, 2.75) is 6.61 Å². The molecule has 0 aliphatic rings. The topological polar surface area (TPSA) is 35.5 Å². The smallest absolute Gasteiger partial charge is 0.342 e. The molecule has 0 unspecified atom stereocenters. The second-order valence-electron chi connectivity index (χ2n) is 4.97. The van der Waals surface area contributed by atoms with E-state index in [1.807, 2.05) is 66.7 Å². The molecule has 0 heterocycles. The first-order chi connectivity index (χ1) is 11.3. The largest absolute Gasteiger partial charge is 0.457 e. The van der Waals surface area contributed by atoms with E-state index in [9.17, 15) is 4.79 Å². The summed E-state index contributed by atoms with van der Waals surface area (Å²) in [5.74, 6) is 0.757. The van der Waals surface area contributed by atoms with Gasteiger partial charge in [0.2, 0.25) is 0 Å². The number of ether oxygens (including phenoxy) is 2. The summed E-state index contributed by atoms with van der Waals surface area (Å²) in [6.07, 6.45) is 0. The van der Waals surface area contributed by atoms with Gasteiger partial charge in [-0.25, -0.2) is 4.79 Å². The summed E-state index contributed by atoms with van der Waals surface area (Å²) in [6.45, 7) is 0.235. The number of hydrogen-bond acceptors (Lipinski definition) is 3. The lowest BCUT2D eigenvalue weighted by atomic mass is 10.2. The Morgan fingerprint density at radius 1 is 0.739 bits per heavy atom. The molecule has 3 aromatic rings. The van der Waals surface area contributed by atoms with Crippen LogP contribution < -0.4 is 4.74 Å². The van der Waals surface area contributed by atoms with Crippen LogP contribution in [-0.2, 0) is 11.3 Å². The summed E-state index contributed by atoms with van der Waals surface area (Å²) < 4.78 is 11.2. The highest BCUT2D eigenvalue weighted by atomic mass is 16.5. The van der Waals surface area contributed by atoms with Gasteiger partial charge in [-0.3, -0.25) is 0 Å². The van der Waals surface area contributed by atoms with Crippen LogP contribution in [0.5, 0.6) is 11.5 Å². The van der Waals surface area contributed by atoms with Crippen LogP contribution in [0.15, 0.2) is 84.9 Å². The van der Waals surface area contributed by atoms with Crippen LogP contribution in [0.2, 0.25) is 0 Å². The normalized spacial score (nSPS) is 10.1. The predicted molar refractivity (Wildman–Crippen MR) is 88.5 cm³/mol. The molecule has 0 saturated carbocycles. The molecule has 114 valence electrons. The summed E-state index contributed by atoms with van der Waals surface area (Å²) in [6, 6.07) is 26.0. The van der Waals surface area contributed by atoms with Crippen molar-refractivity contribution in [3.8, 4) is 11.5 Å². The Kier molecular flexibility index (Phi) is 4.69. The lowest BCUT2D eigenvalue weighted by Gasteiger charge is -2.11. The van der Waals surface area contributed by atoms with E-state index in [0.717, 1.165) is 5.56 Å². The first kappa shape index (κ1) is 14.9. The molecular formula is C20H16O3. The summed E-state index contributed by atoms with van der Waals surface area (Å²) in [7, 11) is 0. The summed E-state index contributed by atoms with van der Waals surface area (Å²) in [4.78, 5) is 12.3. The van der Waals surface area contributed by atoms with Crippen molar-refractivity contribution in [2.24, 2.45) is 0 Å². The van der Waals surface area contributed by atoms with Crippen molar-refractivity contribution < 1.29 is 14.3 Å². The lowest BCUT2D eigenvalue weighted by molar-refractivity contribution is 0.0470. The van der Waals surface area contributed by atoms with E-state index in [2.05, 4.69) is 0 Å². The van der Waals surface area contributed by atoms with Crippen molar-refractivity contribution in [2.75, 3.05) is 0 Å². The molecule has 0 bridgehead atoms. The fourth-order valence-electron chi connectivity index (χ4n) is 2.14. The highest BCUT2D eigenvalue weighted by Crippen LogP contribution is 2.25. The SMILES string of the molecule is O=C(OCc1ccccc1)c1ccccc1Oc1ccccc1. The number of carbonyl (C=O) groups is 1. The minimum atomic E-state index is -0.402. The van der Waals surface area contributed by atoms with E-state index in [0.29, 0.717) is 17.1 Å². The van der Waals surface area contributed by atoms with Gasteiger partial charge in [0.05, 0.1) is 0 Å². The monoisotopic (exact) mass is 304 g/mol. The molecule has 0 atom stereocenters. The molecule has 0 aromatic heterocycles. The average Bonchev–Trinajstić information content (AvgIpc) is 2.62. The molecule has 23 heavy (non-hydrogen) atoms. The maximum Gasteiger partial charge on any atom is 0.342 e. The zero-order chi connectivity index (χ0) is 15.9. The van der Waals surface area contributed by atoms with E-state index in [-0.39, 0.29) is 6.61 Å². The fraction of sp³-hybridized carbons (Fsp3) is 0.0500. The van der Waals surface area contributed by atoms with Crippen LogP contribution in [0.25, 0.3) is 0 Å². The van der Waals surface area contributed by atoms with E-state index in [1.165, 1.54) is 0 Å². The molecule has 3 nitrogen and oxygen atoms in total. The summed E-state index contributed by atoms with van der Waals surface area (Å²) in [5.41, 5.74) is 1.36. The van der Waals surface area contributed by atoms with Gasteiger partial charge in [-0.15, -0.1) is 0 Å². The van der Waals surface area contributed by atoms with Crippen molar-refractivity contribution >= 4 is 5.97 Å². The third-order valence-electron chi connectivity index (χ3n) is 3.29. The molecular weight excluding hydrogens is 288 g/mol. The molecule has 0 aliphatic heterocycles. The molecule has 0 aliphatic carbocycles. The first-order valence-electron chi connectivity index (χ1n) is 7.36. The standard InChI is InChI=1S/C20H16O3/c21-20(22-15-16-9-3-1-4-10-16)18-13-7-8-14-19(18)23-17-11-5-2-6-12-17/h1-14H,15H2. The van der Waals surface area contributed by atoms with Crippen LogP contribution in [-0.4, -0.2) is 5.97 Å². The molecule has 0 spiro atoms. The number of para-hydroxylation sites is 2. The molecule has 3 heteroatoms. The molecule has 0 radical (unpaired) electrons. The molecule has 0 N–H and O–H groups in total. The Hall–Kier alpha value is -3.07. The van der Waals surface area contributed by atoms with Crippen molar-refractivity contribution in [3.63, 3.8) is 0 Å². The van der Waals surface area contributed by atoms with Crippen LogP contribution in [0.1, 0.15) is 15.9 Å². The molecule has 0 amide bonds. The van der Waals surface area contributed by atoms with Crippen molar-refractivity contribution in [1.82, 2.24) is 0 Å². The third-order valence-corrected chi connectivity index (χ3v) is 3.29. The van der Waals surface area contributed by atoms with Gasteiger partial charge in [-0.1, -0.05) is 60.7 Å². The lowest BCUT2D eigenvalue weighted by Crippen LogP contribution is -2.06. The highest BCUT2D eigenvalue weighted by molar-refractivity contribution is 5.92. The molecule has 0 saturated heterocycles. The average molecular weight is 304 g/mol. The third kappa shape index (κ3) is 3.98. The van der Waals surface area contributed by atoms with Crippen LogP contribution in [0, 0.1) is 0 Å². The minimum absolute atomic E-state index is 0.235. The van der Waals surface area contributed by atoms with E-state index in [4.69, 9.17) is 9.47 Å². The molecule has 3 rings (SSSR count). The summed E-state index contributed by atoms with van der Waals surface area (Å²) >= 11 is 0. The second kappa shape index (κ2) is 7.27. The van der Waals surface area contributed by atoms with E-state index < -0.39 is 5.97 Å². The molecule has 0 fully saturated rings. The van der Waals surface area contributed by atoms with Crippen LogP contribution in [0.4, 0.5) is 0 Å². The van der Waals surface area contributed by atoms with Crippen LogP contribution >= 0.6 is 0 Å². The number of rotatable bonds is 5. The zero-order valence-corrected chi connectivity index (χ0v) is 12.5. The van der Waals surface area contributed by atoms with E-state index >= 15 is 0 Å². The Labute approximate surface area is 135 Å². The number of carbonyl (C=O) groups excluding carboxylic acids is 1.